The molecule has 4 rings (SSSR count). The Kier molecular flexibility index (Phi) is 3.58. The van der Waals surface area contributed by atoms with Crippen LogP contribution >= 0.6 is 11.3 Å². The predicted molar refractivity (Wildman–Crippen MR) is 83.2 cm³/mol. The van der Waals surface area contributed by atoms with Gasteiger partial charge in [-0.05, 0) is 6.92 Å². The van der Waals surface area contributed by atoms with E-state index in [0.29, 0.717) is 31.9 Å². The van der Waals surface area contributed by atoms with Crippen LogP contribution < -0.4 is 0 Å². The number of morpholine rings is 1. The van der Waals surface area contributed by atoms with Crippen LogP contribution in [0.2, 0.25) is 0 Å². The van der Waals surface area contributed by atoms with Gasteiger partial charge in [0.1, 0.15) is 11.9 Å². The van der Waals surface area contributed by atoms with Crippen molar-refractivity contribution in [3.63, 3.8) is 0 Å². The monoisotopic (exact) mass is 332 g/mol. The number of ether oxygens (including phenoxy) is 1. The number of amides is 1. The van der Waals surface area contributed by atoms with Crippen LogP contribution in [0.5, 0.6) is 0 Å². The Bertz CT molecular complexity index is 809. The summed E-state index contributed by atoms with van der Waals surface area (Å²) in [6.45, 7) is 3.38. The highest BCUT2D eigenvalue weighted by Gasteiger charge is 2.28. The topological polar surface area (TPSA) is 88.4 Å². The van der Waals surface area contributed by atoms with Gasteiger partial charge in [-0.15, -0.1) is 11.3 Å². The summed E-state index contributed by atoms with van der Waals surface area (Å²) in [5.74, 6) is 1.39. The Morgan fingerprint density at radius 3 is 3.22 bits per heavy atom. The molecule has 0 aliphatic carbocycles. The number of fused-ring (bicyclic) bond motifs is 1. The van der Waals surface area contributed by atoms with Gasteiger partial charge in [0.25, 0.3) is 0 Å². The number of rotatable bonds is 3. The van der Waals surface area contributed by atoms with Crippen molar-refractivity contribution >= 4 is 22.2 Å². The molecule has 1 aliphatic rings. The van der Waals surface area contributed by atoms with Gasteiger partial charge < -0.3 is 9.64 Å². The Balaban J connectivity index is 1.44. The van der Waals surface area contributed by atoms with E-state index in [0.717, 1.165) is 16.5 Å². The number of nitrogens with zero attached hydrogens (tertiary/aromatic N) is 5. The number of thiazole rings is 1. The Labute approximate surface area is 136 Å². The lowest BCUT2D eigenvalue weighted by Gasteiger charge is -2.31. The maximum atomic E-state index is 12.5. The van der Waals surface area contributed by atoms with Crippen molar-refractivity contribution in [3.05, 3.63) is 35.1 Å². The van der Waals surface area contributed by atoms with Gasteiger partial charge in [0.2, 0.25) is 5.91 Å². The number of hydrogen-bond donors (Lipinski definition) is 1. The van der Waals surface area contributed by atoms with Gasteiger partial charge in [-0.2, -0.15) is 5.10 Å². The van der Waals surface area contributed by atoms with Crippen LogP contribution in [0, 0.1) is 6.92 Å². The lowest BCUT2D eigenvalue weighted by molar-refractivity contribution is -0.138. The van der Waals surface area contributed by atoms with Crippen molar-refractivity contribution < 1.29 is 9.53 Å². The van der Waals surface area contributed by atoms with Crippen LogP contribution in [0.25, 0.3) is 4.96 Å². The molecule has 3 aromatic heterocycles. The summed E-state index contributed by atoms with van der Waals surface area (Å²) >= 11 is 1.56. The van der Waals surface area contributed by atoms with Gasteiger partial charge in [-0.1, -0.05) is 0 Å². The summed E-state index contributed by atoms with van der Waals surface area (Å²) in [6.07, 6.45) is 3.87. The first kappa shape index (κ1) is 14.3. The second-order valence-corrected chi connectivity index (χ2v) is 6.35. The van der Waals surface area contributed by atoms with Crippen molar-refractivity contribution in [1.82, 2.24) is 29.5 Å². The largest absolute Gasteiger partial charge is 0.366 e. The van der Waals surface area contributed by atoms with Crippen LogP contribution in [0.4, 0.5) is 0 Å². The molecule has 0 aromatic carbocycles. The summed E-state index contributed by atoms with van der Waals surface area (Å²) in [6, 6.07) is 0. The molecule has 4 heterocycles. The van der Waals surface area contributed by atoms with Crippen molar-refractivity contribution in [2.24, 2.45) is 0 Å². The van der Waals surface area contributed by atoms with Gasteiger partial charge in [-0.3, -0.25) is 14.3 Å². The molecule has 0 spiro atoms. The van der Waals surface area contributed by atoms with Gasteiger partial charge in [0.05, 0.1) is 25.3 Å². The number of hydrogen-bond acceptors (Lipinski definition) is 6. The Morgan fingerprint density at radius 2 is 2.43 bits per heavy atom. The molecule has 1 aliphatic heterocycles. The van der Waals surface area contributed by atoms with E-state index < -0.39 is 0 Å². The van der Waals surface area contributed by atoms with Crippen LogP contribution in [-0.2, 0) is 16.0 Å². The molecular formula is C14H16N6O2S. The van der Waals surface area contributed by atoms with E-state index >= 15 is 0 Å². The second-order valence-electron chi connectivity index (χ2n) is 5.48. The van der Waals surface area contributed by atoms with Gasteiger partial charge in [-0.25, -0.2) is 9.97 Å². The number of nitrogens with one attached hydrogen (secondary N) is 1. The highest BCUT2D eigenvalue weighted by Crippen LogP contribution is 2.20. The van der Waals surface area contributed by atoms with Crippen molar-refractivity contribution in [3.8, 4) is 0 Å². The zero-order valence-corrected chi connectivity index (χ0v) is 13.4. The third-order valence-electron chi connectivity index (χ3n) is 3.80. The lowest BCUT2D eigenvalue weighted by Crippen LogP contribution is -2.43. The Morgan fingerprint density at radius 1 is 1.52 bits per heavy atom. The summed E-state index contributed by atoms with van der Waals surface area (Å²) in [5, 5.41) is 8.90. The minimum atomic E-state index is -0.275. The summed E-state index contributed by atoms with van der Waals surface area (Å²) < 4.78 is 7.62. The molecule has 1 fully saturated rings. The van der Waals surface area contributed by atoms with Gasteiger partial charge >= 0.3 is 0 Å². The average molecular weight is 332 g/mol. The number of imidazole rings is 1. The van der Waals surface area contributed by atoms with E-state index in [-0.39, 0.29) is 12.0 Å². The highest BCUT2D eigenvalue weighted by atomic mass is 32.1. The van der Waals surface area contributed by atoms with E-state index in [9.17, 15) is 4.79 Å². The maximum Gasteiger partial charge on any atom is 0.228 e. The Hall–Kier alpha value is -2.26. The van der Waals surface area contributed by atoms with E-state index in [1.165, 1.54) is 0 Å². The second kappa shape index (κ2) is 5.74. The summed E-state index contributed by atoms with van der Waals surface area (Å²) in [5.41, 5.74) is 0.790. The predicted octanol–water partition coefficient (Wildman–Crippen LogP) is 0.965. The number of aromatic amines is 1. The number of aryl methyl sites for hydroxylation is 1. The first-order valence-corrected chi connectivity index (χ1v) is 8.26. The summed E-state index contributed by atoms with van der Waals surface area (Å²) in [7, 11) is 0. The zero-order valence-electron chi connectivity index (χ0n) is 12.6. The number of aromatic nitrogens is 5. The minimum Gasteiger partial charge on any atom is -0.366 e. The van der Waals surface area contributed by atoms with E-state index in [2.05, 4.69) is 20.2 Å². The number of carbonyl (C=O) groups is 1. The quantitative estimate of drug-likeness (QED) is 0.772. The molecule has 1 amide bonds. The van der Waals surface area contributed by atoms with Crippen LogP contribution in [-0.4, -0.2) is 55.1 Å². The molecule has 1 saturated heterocycles. The molecular weight excluding hydrogens is 316 g/mol. The maximum absolute atomic E-state index is 12.5. The molecule has 1 N–H and O–H groups in total. The minimum absolute atomic E-state index is 0.0521. The van der Waals surface area contributed by atoms with Crippen molar-refractivity contribution in [2.45, 2.75) is 19.4 Å². The van der Waals surface area contributed by atoms with Crippen LogP contribution in [0.3, 0.4) is 0 Å². The molecule has 9 heteroatoms. The van der Waals surface area contributed by atoms with E-state index in [4.69, 9.17) is 4.74 Å². The lowest BCUT2D eigenvalue weighted by atomic mass is 10.2. The molecule has 0 saturated carbocycles. The molecule has 120 valence electrons. The molecule has 8 nitrogen and oxygen atoms in total. The van der Waals surface area contributed by atoms with Gasteiger partial charge in [0, 0.05) is 24.3 Å². The normalized spacial score (nSPS) is 18.7. The third-order valence-corrected chi connectivity index (χ3v) is 4.57. The third kappa shape index (κ3) is 2.84. The fourth-order valence-electron chi connectivity index (χ4n) is 2.66. The molecule has 0 bridgehead atoms. The first-order chi connectivity index (χ1) is 11.2. The smallest absolute Gasteiger partial charge is 0.228 e. The zero-order chi connectivity index (χ0) is 15.8. The standard InChI is InChI=1S/C14H16N6O2S/c1-9-15-13(18-17-9)11-8-19(2-4-22-11)12(21)6-10-7-20-3-5-23-14(20)16-10/h3,5,7,11H,2,4,6,8H2,1H3,(H,15,17,18). The molecule has 3 aromatic rings. The first-order valence-electron chi connectivity index (χ1n) is 7.38. The molecule has 23 heavy (non-hydrogen) atoms. The number of carbonyl (C=O) groups excluding carboxylic acids is 1. The van der Waals surface area contributed by atoms with E-state index in [1.807, 2.05) is 29.1 Å². The van der Waals surface area contributed by atoms with E-state index in [1.54, 1.807) is 16.2 Å². The molecule has 0 radical (unpaired) electrons. The number of H-pyrrole nitrogens is 1. The van der Waals surface area contributed by atoms with Gasteiger partial charge in [0.15, 0.2) is 10.8 Å². The average Bonchev–Trinajstić information content (AvgIpc) is 3.23. The molecule has 1 unspecified atom stereocenters. The van der Waals surface area contributed by atoms with Crippen LogP contribution in [0.1, 0.15) is 23.4 Å². The highest BCUT2D eigenvalue weighted by molar-refractivity contribution is 7.15. The fraction of sp³-hybridized carbons (Fsp3) is 0.429. The molecule has 1 atom stereocenters. The fourth-order valence-corrected chi connectivity index (χ4v) is 3.38. The van der Waals surface area contributed by atoms with Crippen molar-refractivity contribution in [1.29, 1.82) is 0 Å². The van der Waals surface area contributed by atoms with Crippen LogP contribution in [0.15, 0.2) is 17.8 Å². The summed E-state index contributed by atoms with van der Waals surface area (Å²) in [4.78, 5) is 24.0. The van der Waals surface area contributed by atoms with Crippen molar-refractivity contribution in [2.75, 3.05) is 19.7 Å². The SMILES string of the molecule is Cc1nc(C2CN(C(=O)Cc3cn4ccsc4n3)CCO2)n[nH]1.